The molecule has 0 bridgehead atoms. The van der Waals surface area contributed by atoms with Crippen LogP contribution in [0.25, 0.3) is 0 Å². The Kier molecular flexibility index (Phi) is 5.68. The molecule has 0 heterocycles. The van der Waals surface area contributed by atoms with E-state index in [1.54, 1.807) is 6.07 Å². The Morgan fingerprint density at radius 1 is 1.00 bits per heavy atom. The van der Waals surface area contributed by atoms with Crippen LogP contribution in [0.4, 0.5) is 4.39 Å². The van der Waals surface area contributed by atoms with Crippen molar-refractivity contribution in [1.82, 2.24) is 0 Å². The summed E-state index contributed by atoms with van der Waals surface area (Å²) in [5.41, 5.74) is 2.39. The van der Waals surface area contributed by atoms with Crippen molar-refractivity contribution < 1.29 is 9.18 Å². The number of hydrogen-bond acceptors (Lipinski definition) is 1. The zero-order valence-corrected chi connectivity index (χ0v) is 12.4. The molecule has 0 atom stereocenters. The molecular weight excluding hydrogens is 263 g/mol. The number of carbonyl (C=O) groups is 1. The summed E-state index contributed by atoms with van der Waals surface area (Å²) in [6.45, 7) is 2.06. The van der Waals surface area contributed by atoms with E-state index in [-0.39, 0.29) is 17.2 Å². The van der Waals surface area contributed by atoms with E-state index in [0.717, 1.165) is 31.2 Å². The lowest BCUT2D eigenvalue weighted by Crippen LogP contribution is -2.04. The first-order valence-electron chi connectivity index (χ1n) is 7.56. The van der Waals surface area contributed by atoms with Gasteiger partial charge in [0.25, 0.3) is 0 Å². The number of carbonyl (C=O) groups excluding carboxylic acids is 1. The normalized spacial score (nSPS) is 10.6. The fourth-order valence-electron chi connectivity index (χ4n) is 2.46. The highest BCUT2D eigenvalue weighted by Gasteiger charge is 2.11. The number of rotatable bonds is 7. The summed E-state index contributed by atoms with van der Waals surface area (Å²) < 4.78 is 14.0. The summed E-state index contributed by atoms with van der Waals surface area (Å²) in [5, 5.41) is 0. The summed E-state index contributed by atoms with van der Waals surface area (Å²) in [6, 6.07) is 15.0. The number of Topliss-reactive ketones (excluding diaryl/α,β-unsaturated/α-hetero) is 1. The second kappa shape index (κ2) is 7.72. The summed E-state index contributed by atoms with van der Waals surface area (Å²) in [5.74, 6) is -0.489. The molecule has 0 aliphatic carbocycles. The predicted molar refractivity (Wildman–Crippen MR) is 84.1 cm³/mol. The lowest BCUT2D eigenvalue weighted by Gasteiger charge is -2.05. The average Bonchev–Trinajstić information content (AvgIpc) is 2.48. The second-order valence-electron chi connectivity index (χ2n) is 5.33. The van der Waals surface area contributed by atoms with Gasteiger partial charge in [-0.15, -0.1) is 0 Å². The van der Waals surface area contributed by atoms with Crippen LogP contribution in [-0.4, -0.2) is 5.78 Å². The van der Waals surface area contributed by atoms with Crippen molar-refractivity contribution in [1.29, 1.82) is 0 Å². The standard InChI is InChI=1S/C19H21FO/c1-2-7-16-12-13-17(18(20)14-16)19(21)11-6-10-15-8-4-3-5-9-15/h3-5,8-9,12-14H,2,6-7,10-11H2,1H3. The SMILES string of the molecule is CCCc1ccc(C(=O)CCCc2ccccc2)c(F)c1. The molecule has 110 valence electrons. The van der Waals surface area contributed by atoms with E-state index in [1.807, 2.05) is 36.4 Å². The number of ketones is 1. The molecule has 0 aliphatic rings. The van der Waals surface area contributed by atoms with Crippen LogP contribution in [0.15, 0.2) is 48.5 Å². The molecule has 0 unspecified atom stereocenters. The van der Waals surface area contributed by atoms with Crippen molar-refractivity contribution in [2.45, 2.75) is 39.0 Å². The first kappa shape index (κ1) is 15.4. The van der Waals surface area contributed by atoms with Gasteiger partial charge in [0.2, 0.25) is 0 Å². The van der Waals surface area contributed by atoms with Crippen molar-refractivity contribution in [3.8, 4) is 0 Å². The van der Waals surface area contributed by atoms with E-state index >= 15 is 0 Å². The van der Waals surface area contributed by atoms with Crippen molar-refractivity contribution in [2.24, 2.45) is 0 Å². The molecule has 2 aromatic rings. The molecule has 2 rings (SSSR count). The van der Waals surface area contributed by atoms with Gasteiger partial charge in [-0.3, -0.25) is 4.79 Å². The molecule has 0 saturated heterocycles. The van der Waals surface area contributed by atoms with Gasteiger partial charge in [0.05, 0.1) is 5.56 Å². The van der Waals surface area contributed by atoms with Crippen molar-refractivity contribution in [3.05, 3.63) is 71.0 Å². The first-order chi connectivity index (χ1) is 10.2. The van der Waals surface area contributed by atoms with Gasteiger partial charge in [-0.2, -0.15) is 0 Å². The fourth-order valence-corrected chi connectivity index (χ4v) is 2.46. The number of halogens is 1. The Hall–Kier alpha value is -1.96. The molecule has 21 heavy (non-hydrogen) atoms. The Labute approximate surface area is 125 Å². The number of aryl methyl sites for hydroxylation is 2. The third-order valence-corrected chi connectivity index (χ3v) is 3.58. The molecule has 1 nitrogen and oxygen atoms in total. The lowest BCUT2D eigenvalue weighted by atomic mass is 10.00. The first-order valence-corrected chi connectivity index (χ1v) is 7.56. The van der Waals surface area contributed by atoms with E-state index in [0.29, 0.717) is 6.42 Å². The minimum absolute atomic E-state index is 0.105. The molecule has 0 fully saturated rings. The van der Waals surface area contributed by atoms with E-state index in [4.69, 9.17) is 0 Å². The maximum absolute atomic E-state index is 14.0. The van der Waals surface area contributed by atoms with E-state index in [9.17, 15) is 9.18 Å². The van der Waals surface area contributed by atoms with Gasteiger partial charge < -0.3 is 0 Å². The Morgan fingerprint density at radius 2 is 1.76 bits per heavy atom. The van der Waals surface area contributed by atoms with E-state index < -0.39 is 0 Å². The minimum atomic E-state index is -0.384. The van der Waals surface area contributed by atoms with Crippen molar-refractivity contribution in [2.75, 3.05) is 0 Å². The summed E-state index contributed by atoms with van der Waals surface area (Å²) in [6.07, 6.45) is 3.81. The Bertz CT molecular complexity index is 590. The van der Waals surface area contributed by atoms with E-state index in [1.165, 1.54) is 11.6 Å². The van der Waals surface area contributed by atoms with Crippen LogP contribution in [0.5, 0.6) is 0 Å². The quantitative estimate of drug-likeness (QED) is 0.655. The molecule has 0 aromatic heterocycles. The largest absolute Gasteiger partial charge is 0.294 e. The van der Waals surface area contributed by atoms with Crippen LogP contribution in [-0.2, 0) is 12.8 Å². The molecule has 0 saturated carbocycles. The van der Waals surface area contributed by atoms with Gasteiger partial charge in [-0.05, 0) is 42.5 Å². The molecule has 0 radical (unpaired) electrons. The molecule has 0 aliphatic heterocycles. The lowest BCUT2D eigenvalue weighted by molar-refractivity contribution is 0.0976. The molecular formula is C19H21FO. The maximum atomic E-state index is 14.0. The smallest absolute Gasteiger partial charge is 0.165 e. The molecule has 2 aromatic carbocycles. The van der Waals surface area contributed by atoms with Gasteiger partial charge in [0, 0.05) is 6.42 Å². The number of benzene rings is 2. The van der Waals surface area contributed by atoms with Crippen molar-refractivity contribution >= 4 is 5.78 Å². The van der Waals surface area contributed by atoms with Crippen LogP contribution in [0, 0.1) is 5.82 Å². The highest BCUT2D eigenvalue weighted by atomic mass is 19.1. The second-order valence-corrected chi connectivity index (χ2v) is 5.33. The minimum Gasteiger partial charge on any atom is -0.294 e. The molecule has 2 heteroatoms. The van der Waals surface area contributed by atoms with Gasteiger partial charge in [-0.25, -0.2) is 4.39 Å². The highest BCUT2D eigenvalue weighted by molar-refractivity contribution is 5.96. The topological polar surface area (TPSA) is 17.1 Å². The number of hydrogen-bond donors (Lipinski definition) is 0. The highest BCUT2D eigenvalue weighted by Crippen LogP contribution is 2.15. The van der Waals surface area contributed by atoms with Gasteiger partial charge in [0.15, 0.2) is 5.78 Å². The summed E-state index contributed by atoms with van der Waals surface area (Å²) >= 11 is 0. The van der Waals surface area contributed by atoms with Crippen LogP contribution in [0.2, 0.25) is 0 Å². The van der Waals surface area contributed by atoms with Crippen LogP contribution in [0.1, 0.15) is 47.7 Å². The molecule has 0 amide bonds. The molecule has 0 spiro atoms. The predicted octanol–water partition coefficient (Wildman–Crippen LogP) is 4.98. The van der Waals surface area contributed by atoms with Gasteiger partial charge in [0.1, 0.15) is 5.82 Å². The monoisotopic (exact) mass is 284 g/mol. The average molecular weight is 284 g/mol. The third-order valence-electron chi connectivity index (χ3n) is 3.58. The maximum Gasteiger partial charge on any atom is 0.165 e. The summed E-state index contributed by atoms with van der Waals surface area (Å²) in [4.78, 5) is 12.1. The summed E-state index contributed by atoms with van der Waals surface area (Å²) in [7, 11) is 0. The van der Waals surface area contributed by atoms with Crippen LogP contribution < -0.4 is 0 Å². The fraction of sp³-hybridized carbons (Fsp3) is 0.316. The van der Waals surface area contributed by atoms with E-state index in [2.05, 4.69) is 6.92 Å². The zero-order chi connectivity index (χ0) is 15.1. The van der Waals surface area contributed by atoms with Gasteiger partial charge >= 0.3 is 0 Å². The zero-order valence-electron chi connectivity index (χ0n) is 12.4. The molecule has 0 N–H and O–H groups in total. The Balaban J connectivity index is 1.91. The third kappa shape index (κ3) is 4.52. The van der Waals surface area contributed by atoms with Gasteiger partial charge in [-0.1, -0.05) is 49.7 Å². The van der Waals surface area contributed by atoms with Crippen LogP contribution in [0.3, 0.4) is 0 Å². The van der Waals surface area contributed by atoms with Crippen molar-refractivity contribution in [3.63, 3.8) is 0 Å². The Morgan fingerprint density at radius 3 is 2.43 bits per heavy atom. The van der Waals surface area contributed by atoms with Crippen LogP contribution >= 0.6 is 0 Å².